The van der Waals surface area contributed by atoms with Gasteiger partial charge in [-0.25, -0.2) is 15.1 Å². The Labute approximate surface area is 282 Å². The van der Waals surface area contributed by atoms with Gasteiger partial charge in [-0.1, -0.05) is 69.3 Å². The molecule has 0 bridgehead atoms. The van der Waals surface area contributed by atoms with Gasteiger partial charge in [0, 0.05) is 56.0 Å². The van der Waals surface area contributed by atoms with Crippen molar-refractivity contribution in [3.63, 3.8) is 0 Å². The zero-order valence-electron chi connectivity index (χ0n) is 28.5. The van der Waals surface area contributed by atoms with Crippen molar-refractivity contribution < 1.29 is 4.74 Å². The number of ether oxygens (including phenoxy) is 1. The summed E-state index contributed by atoms with van der Waals surface area (Å²) in [5.41, 5.74) is 11.6. The quantitative estimate of drug-likeness (QED) is 0.162. The van der Waals surface area contributed by atoms with E-state index in [-0.39, 0.29) is 0 Å². The lowest BCUT2D eigenvalue weighted by atomic mass is 9.98. The molecule has 0 atom stereocenters. The minimum absolute atomic E-state index is 0.661. The van der Waals surface area contributed by atoms with Gasteiger partial charge < -0.3 is 13.9 Å². The van der Waals surface area contributed by atoms with Gasteiger partial charge in [-0.2, -0.15) is 0 Å². The third-order valence-electron chi connectivity index (χ3n) is 9.56. The van der Waals surface area contributed by atoms with Crippen LogP contribution in [0.5, 0.6) is 0 Å². The maximum Gasteiger partial charge on any atom is 0.180 e. The van der Waals surface area contributed by atoms with Gasteiger partial charge in [0.25, 0.3) is 0 Å². The molecular weight excluding hydrogens is 598 g/mol. The van der Waals surface area contributed by atoms with Crippen molar-refractivity contribution in [3.05, 3.63) is 89.0 Å². The van der Waals surface area contributed by atoms with Gasteiger partial charge in [0.15, 0.2) is 5.82 Å². The second kappa shape index (κ2) is 14.2. The Morgan fingerprint density at radius 1 is 0.833 bits per heavy atom. The second-order valence-electron chi connectivity index (χ2n) is 12.7. The number of H-pyrrole nitrogens is 1. The molecule has 3 aromatic heterocycles. The van der Waals surface area contributed by atoms with E-state index in [9.17, 15) is 0 Å². The monoisotopic (exact) mass is 643 g/mol. The molecule has 1 aliphatic heterocycles. The van der Waals surface area contributed by atoms with Crippen molar-refractivity contribution in [1.29, 1.82) is 0 Å². The molecule has 6 aromatic rings. The summed E-state index contributed by atoms with van der Waals surface area (Å²) in [6.45, 7) is 15.2. The summed E-state index contributed by atoms with van der Waals surface area (Å²) in [5.74, 6) is 2.85. The maximum atomic E-state index is 5.61. The van der Waals surface area contributed by atoms with Crippen molar-refractivity contribution >= 4 is 11.0 Å². The average molecular weight is 644 g/mol. The molecule has 0 radical (unpaired) electrons. The number of aromatic amines is 1. The van der Waals surface area contributed by atoms with E-state index in [1.807, 2.05) is 18.2 Å². The molecule has 7 rings (SSSR count). The molecule has 0 aliphatic carbocycles. The number of rotatable bonds is 12. The van der Waals surface area contributed by atoms with E-state index in [0.717, 1.165) is 111 Å². The number of imidazole rings is 2. The van der Waals surface area contributed by atoms with Crippen molar-refractivity contribution in [2.45, 2.75) is 66.5 Å². The van der Waals surface area contributed by atoms with E-state index >= 15 is 0 Å². The van der Waals surface area contributed by atoms with E-state index in [2.05, 4.69) is 105 Å². The van der Waals surface area contributed by atoms with E-state index in [1.165, 1.54) is 28.0 Å². The topological polar surface area (TPSA) is 103 Å². The fourth-order valence-electron chi connectivity index (χ4n) is 7.09. The molecule has 1 saturated heterocycles. The molecule has 4 heterocycles. The SMILES string of the molecule is CCCc1nc2c(C)cc(-c3nc(CC)c(CC)n3CCN3CCOCC3)cc2n1Cc1ccc(-c2ccccc2-c2nnn[nH]2)cc1. The number of tetrazole rings is 1. The highest BCUT2D eigenvalue weighted by Gasteiger charge is 2.21. The number of nitrogens with one attached hydrogen (secondary N) is 1. The summed E-state index contributed by atoms with van der Waals surface area (Å²) in [6, 6.07) is 21.7. The largest absolute Gasteiger partial charge is 0.379 e. The number of morpholine rings is 1. The predicted molar refractivity (Wildman–Crippen MR) is 190 cm³/mol. The number of hydrogen-bond donors (Lipinski definition) is 1. The minimum atomic E-state index is 0.661. The van der Waals surface area contributed by atoms with Crippen LogP contribution >= 0.6 is 0 Å². The normalized spacial score (nSPS) is 13.9. The molecule has 48 heavy (non-hydrogen) atoms. The minimum Gasteiger partial charge on any atom is -0.379 e. The number of fused-ring (bicyclic) bond motifs is 1. The molecule has 248 valence electrons. The zero-order chi connectivity index (χ0) is 33.0. The standard InChI is InChI=1S/C38H45N9O/c1-5-10-35-40-36-26(4)23-29(38-39-32(6-2)33(7-3)46(38)18-17-45-19-21-48-22-20-45)24-34(36)47(35)25-27-13-15-28(16-14-27)30-11-8-9-12-31(30)37-41-43-44-42-37/h8-9,11-16,23-24H,5-7,10,17-22,25H2,1-4H3,(H,41,42,43,44). The fraction of sp³-hybridized carbons (Fsp3) is 0.395. The highest BCUT2D eigenvalue weighted by molar-refractivity contribution is 5.85. The first-order valence-electron chi connectivity index (χ1n) is 17.4. The average Bonchev–Trinajstić information content (AvgIpc) is 3.87. The molecule has 10 nitrogen and oxygen atoms in total. The van der Waals surface area contributed by atoms with Crippen LogP contribution in [0.3, 0.4) is 0 Å². The van der Waals surface area contributed by atoms with E-state index in [4.69, 9.17) is 14.7 Å². The Balaban J connectivity index is 1.25. The summed E-state index contributed by atoms with van der Waals surface area (Å²) >= 11 is 0. The van der Waals surface area contributed by atoms with Gasteiger partial charge in [0.2, 0.25) is 0 Å². The molecule has 0 unspecified atom stereocenters. The summed E-state index contributed by atoms with van der Waals surface area (Å²) in [5, 5.41) is 14.6. The fourth-order valence-corrected chi connectivity index (χ4v) is 7.09. The van der Waals surface area contributed by atoms with Crippen molar-refractivity contribution in [1.82, 2.24) is 44.6 Å². The molecule has 1 N–H and O–H groups in total. The van der Waals surface area contributed by atoms with Crippen LogP contribution in [0.4, 0.5) is 0 Å². The number of nitrogens with zero attached hydrogens (tertiary/aromatic N) is 8. The number of aryl methyl sites for hydroxylation is 3. The van der Waals surface area contributed by atoms with Crippen molar-refractivity contribution in [3.8, 4) is 33.9 Å². The lowest BCUT2D eigenvalue weighted by Gasteiger charge is -2.27. The Bertz CT molecular complexity index is 1980. The van der Waals surface area contributed by atoms with Gasteiger partial charge in [0.05, 0.1) is 29.9 Å². The van der Waals surface area contributed by atoms with Crippen LogP contribution < -0.4 is 0 Å². The third-order valence-corrected chi connectivity index (χ3v) is 9.56. The number of hydrogen-bond acceptors (Lipinski definition) is 7. The lowest BCUT2D eigenvalue weighted by Crippen LogP contribution is -2.38. The maximum absolute atomic E-state index is 5.61. The smallest absolute Gasteiger partial charge is 0.180 e. The van der Waals surface area contributed by atoms with Gasteiger partial charge in [-0.05, 0) is 71.0 Å². The third kappa shape index (κ3) is 6.30. The van der Waals surface area contributed by atoms with Gasteiger partial charge in [-0.3, -0.25) is 4.90 Å². The molecule has 0 amide bonds. The zero-order valence-corrected chi connectivity index (χ0v) is 28.5. The Morgan fingerprint density at radius 3 is 2.33 bits per heavy atom. The Hall–Kier alpha value is -4.67. The van der Waals surface area contributed by atoms with Crippen LogP contribution in [0.25, 0.3) is 44.9 Å². The van der Waals surface area contributed by atoms with Crippen LogP contribution in [0.2, 0.25) is 0 Å². The molecule has 3 aromatic carbocycles. The van der Waals surface area contributed by atoms with E-state index in [0.29, 0.717) is 5.82 Å². The number of benzene rings is 3. The molecule has 0 spiro atoms. The first kappa shape index (κ1) is 31.9. The van der Waals surface area contributed by atoms with Crippen LogP contribution in [-0.4, -0.2) is 77.5 Å². The summed E-state index contributed by atoms with van der Waals surface area (Å²) in [6.07, 6.45) is 3.85. The van der Waals surface area contributed by atoms with Crippen molar-refractivity contribution in [2.24, 2.45) is 0 Å². The molecule has 0 saturated carbocycles. The van der Waals surface area contributed by atoms with Crippen LogP contribution in [0, 0.1) is 6.92 Å². The molecular formula is C38H45N9O. The summed E-state index contributed by atoms with van der Waals surface area (Å²) in [4.78, 5) is 13.0. The second-order valence-corrected chi connectivity index (χ2v) is 12.7. The molecule has 1 aliphatic rings. The van der Waals surface area contributed by atoms with Gasteiger partial charge in [0.1, 0.15) is 11.6 Å². The highest BCUT2D eigenvalue weighted by atomic mass is 16.5. The Morgan fingerprint density at radius 2 is 1.62 bits per heavy atom. The summed E-state index contributed by atoms with van der Waals surface area (Å²) < 4.78 is 10.5. The van der Waals surface area contributed by atoms with Crippen LogP contribution in [-0.2, 0) is 37.1 Å². The van der Waals surface area contributed by atoms with E-state index in [1.54, 1.807) is 0 Å². The lowest BCUT2D eigenvalue weighted by molar-refractivity contribution is 0.0363. The molecule has 1 fully saturated rings. The van der Waals surface area contributed by atoms with Crippen LogP contribution in [0.1, 0.15) is 55.5 Å². The summed E-state index contributed by atoms with van der Waals surface area (Å²) in [7, 11) is 0. The highest BCUT2D eigenvalue weighted by Crippen LogP contribution is 2.32. The van der Waals surface area contributed by atoms with Crippen molar-refractivity contribution in [2.75, 3.05) is 32.8 Å². The van der Waals surface area contributed by atoms with Gasteiger partial charge in [-0.15, -0.1) is 5.10 Å². The first-order chi connectivity index (χ1) is 23.6. The Kier molecular flexibility index (Phi) is 9.45. The predicted octanol–water partition coefficient (Wildman–Crippen LogP) is 6.51. The van der Waals surface area contributed by atoms with Crippen LogP contribution in [0.15, 0.2) is 60.7 Å². The molecule has 10 heteroatoms. The first-order valence-corrected chi connectivity index (χ1v) is 17.4. The van der Waals surface area contributed by atoms with Gasteiger partial charge >= 0.3 is 0 Å². The number of aromatic nitrogens is 8. The van der Waals surface area contributed by atoms with E-state index < -0.39 is 0 Å².